The summed E-state index contributed by atoms with van der Waals surface area (Å²) in [6.45, 7) is 1.92. The van der Waals surface area contributed by atoms with E-state index in [2.05, 4.69) is 15.3 Å². The lowest BCUT2D eigenvalue weighted by atomic mass is 10.1. The van der Waals surface area contributed by atoms with Crippen LogP contribution in [0.3, 0.4) is 0 Å². The number of aryl methyl sites for hydroxylation is 1. The van der Waals surface area contributed by atoms with E-state index in [0.717, 1.165) is 22.4 Å². The average molecular weight is 347 g/mol. The molecule has 1 aliphatic rings. The zero-order chi connectivity index (χ0) is 17.1. The third kappa shape index (κ3) is 1.90. The van der Waals surface area contributed by atoms with Crippen molar-refractivity contribution < 1.29 is 4.79 Å². The van der Waals surface area contributed by atoms with E-state index in [0.29, 0.717) is 27.6 Å². The van der Waals surface area contributed by atoms with Crippen LogP contribution in [0.5, 0.6) is 0 Å². The van der Waals surface area contributed by atoms with Crippen molar-refractivity contribution in [2.24, 2.45) is 0 Å². The monoisotopic (exact) mass is 346 g/mol. The van der Waals surface area contributed by atoms with Gasteiger partial charge in [0.15, 0.2) is 11.3 Å². The van der Waals surface area contributed by atoms with Crippen LogP contribution in [-0.4, -0.2) is 25.6 Å². The molecule has 0 saturated carbocycles. The Bertz CT molecular complexity index is 1180. The highest BCUT2D eigenvalue weighted by Crippen LogP contribution is 2.37. The Kier molecular flexibility index (Phi) is 2.85. The Morgan fingerprint density at radius 3 is 2.44 bits per heavy atom. The molecule has 1 aliphatic carbocycles. The fourth-order valence-electron chi connectivity index (χ4n) is 3.37. The molecule has 0 bridgehead atoms. The molecule has 25 heavy (non-hydrogen) atoms. The Hall–Kier alpha value is -3.05. The van der Waals surface area contributed by atoms with Gasteiger partial charge in [0.1, 0.15) is 5.69 Å². The van der Waals surface area contributed by atoms with Gasteiger partial charge < -0.3 is 0 Å². The normalized spacial score (nSPS) is 12.5. The molecule has 0 radical (unpaired) electrons. The number of halogens is 1. The molecule has 5 nitrogen and oxygen atoms in total. The van der Waals surface area contributed by atoms with Gasteiger partial charge >= 0.3 is 0 Å². The highest BCUT2D eigenvalue weighted by molar-refractivity contribution is 6.30. The van der Waals surface area contributed by atoms with Crippen molar-refractivity contribution in [3.63, 3.8) is 0 Å². The van der Waals surface area contributed by atoms with Gasteiger partial charge in [0.05, 0.1) is 11.3 Å². The molecule has 2 aromatic carbocycles. The van der Waals surface area contributed by atoms with Crippen LogP contribution in [0.1, 0.15) is 21.7 Å². The molecule has 2 aromatic heterocycles. The molecular weight excluding hydrogens is 336 g/mol. The Labute approximate surface area is 147 Å². The first kappa shape index (κ1) is 14.3. The first-order valence-electron chi connectivity index (χ1n) is 7.81. The van der Waals surface area contributed by atoms with E-state index in [1.54, 1.807) is 4.52 Å². The number of fused-ring (bicyclic) bond motifs is 5. The molecule has 4 aromatic rings. The third-order valence-corrected chi connectivity index (χ3v) is 4.74. The molecule has 0 saturated heterocycles. The number of carbonyl (C=O) groups is 1. The fourth-order valence-corrected chi connectivity index (χ4v) is 3.50. The number of hydrogen-bond acceptors (Lipinski definition) is 4. The van der Waals surface area contributed by atoms with Gasteiger partial charge in [-0.05, 0) is 24.6 Å². The van der Waals surface area contributed by atoms with Crippen LogP contribution in [0.25, 0.3) is 28.0 Å². The minimum absolute atomic E-state index is 0.110. The molecular formula is C19H11ClN4O. The lowest BCUT2D eigenvalue weighted by Gasteiger charge is -2.03. The summed E-state index contributed by atoms with van der Waals surface area (Å²) in [5.41, 5.74) is 5.83. The zero-order valence-corrected chi connectivity index (χ0v) is 13.9. The van der Waals surface area contributed by atoms with Gasteiger partial charge in [0.25, 0.3) is 0 Å². The summed E-state index contributed by atoms with van der Waals surface area (Å²) in [5.74, 6) is -0.110. The first-order chi connectivity index (χ1) is 12.1. The van der Waals surface area contributed by atoms with Crippen LogP contribution < -0.4 is 0 Å². The maximum atomic E-state index is 12.6. The number of aromatic nitrogens is 4. The van der Waals surface area contributed by atoms with E-state index >= 15 is 0 Å². The molecule has 0 fully saturated rings. The Morgan fingerprint density at radius 1 is 0.960 bits per heavy atom. The molecule has 6 heteroatoms. The number of nitrogens with zero attached hydrogens (tertiary/aromatic N) is 4. The summed E-state index contributed by atoms with van der Waals surface area (Å²) in [4.78, 5) is 12.6. The molecule has 5 rings (SSSR count). The van der Waals surface area contributed by atoms with E-state index < -0.39 is 0 Å². The number of rotatable bonds is 1. The van der Waals surface area contributed by atoms with Gasteiger partial charge in [-0.1, -0.05) is 48.0 Å². The molecule has 0 aliphatic heterocycles. The first-order valence-corrected chi connectivity index (χ1v) is 8.19. The fraction of sp³-hybridized carbons (Fsp3) is 0.0526. The topological polar surface area (TPSA) is 60.1 Å². The third-order valence-electron chi connectivity index (χ3n) is 4.49. The van der Waals surface area contributed by atoms with E-state index in [4.69, 9.17) is 11.6 Å². The minimum atomic E-state index is -0.110. The average Bonchev–Trinajstić information content (AvgIpc) is 3.11. The van der Waals surface area contributed by atoms with E-state index in [9.17, 15) is 4.79 Å². The van der Waals surface area contributed by atoms with Crippen LogP contribution >= 0.6 is 11.6 Å². The number of hydrogen-bond donors (Lipinski definition) is 0. The molecule has 0 N–H and O–H groups in total. The van der Waals surface area contributed by atoms with Gasteiger partial charge in [-0.15, -0.1) is 10.2 Å². The van der Waals surface area contributed by atoms with Crippen molar-refractivity contribution in [1.29, 1.82) is 0 Å². The second-order valence-corrected chi connectivity index (χ2v) is 6.41. The van der Waals surface area contributed by atoms with Crippen molar-refractivity contribution in [3.8, 4) is 22.4 Å². The van der Waals surface area contributed by atoms with Gasteiger partial charge in [-0.25, -0.2) is 4.52 Å². The van der Waals surface area contributed by atoms with Crippen molar-refractivity contribution in [1.82, 2.24) is 19.8 Å². The summed E-state index contributed by atoms with van der Waals surface area (Å²) in [6.07, 6.45) is 0. The highest BCUT2D eigenvalue weighted by atomic mass is 35.5. The van der Waals surface area contributed by atoms with E-state index in [1.807, 2.05) is 55.5 Å². The largest absolute Gasteiger partial charge is 0.287 e. The maximum absolute atomic E-state index is 12.6. The summed E-state index contributed by atoms with van der Waals surface area (Å²) in [5, 5.41) is 13.8. The lowest BCUT2D eigenvalue weighted by molar-refractivity contribution is 0.103. The quantitative estimate of drug-likeness (QED) is 0.461. The Balaban J connectivity index is 1.85. The second kappa shape index (κ2) is 4.97. The van der Waals surface area contributed by atoms with Crippen LogP contribution in [0, 0.1) is 6.92 Å². The number of carbonyl (C=O) groups excluding carboxylic acids is 1. The van der Waals surface area contributed by atoms with Crippen LogP contribution in [0.2, 0.25) is 5.02 Å². The molecule has 0 atom stereocenters. The van der Waals surface area contributed by atoms with Gasteiger partial charge in [0.2, 0.25) is 5.78 Å². The molecule has 120 valence electrons. The van der Waals surface area contributed by atoms with Gasteiger partial charge in [-0.3, -0.25) is 4.79 Å². The van der Waals surface area contributed by atoms with E-state index in [-0.39, 0.29) is 5.78 Å². The summed E-state index contributed by atoms with van der Waals surface area (Å²) in [6, 6.07) is 15.0. The minimum Gasteiger partial charge on any atom is -0.287 e. The predicted molar refractivity (Wildman–Crippen MR) is 94.8 cm³/mol. The molecule has 0 spiro atoms. The van der Waals surface area contributed by atoms with E-state index in [1.165, 1.54) is 0 Å². The van der Waals surface area contributed by atoms with Gasteiger partial charge in [-0.2, -0.15) is 5.10 Å². The van der Waals surface area contributed by atoms with Crippen molar-refractivity contribution >= 4 is 23.0 Å². The molecule has 0 amide bonds. The number of ketones is 1. The summed E-state index contributed by atoms with van der Waals surface area (Å²) >= 11 is 5.99. The molecule has 0 unspecified atom stereocenters. The maximum Gasteiger partial charge on any atom is 0.216 e. The van der Waals surface area contributed by atoms with Crippen molar-refractivity contribution in [2.45, 2.75) is 6.92 Å². The van der Waals surface area contributed by atoms with Gasteiger partial charge in [0, 0.05) is 16.1 Å². The highest BCUT2D eigenvalue weighted by Gasteiger charge is 2.32. The summed E-state index contributed by atoms with van der Waals surface area (Å²) < 4.78 is 1.73. The Morgan fingerprint density at radius 2 is 1.68 bits per heavy atom. The summed E-state index contributed by atoms with van der Waals surface area (Å²) in [7, 11) is 0. The number of benzene rings is 2. The standard InChI is InChI=1S/C19H11ClN4O/c1-10-15(11-6-8-12(20)9-7-11)19-22-21-16-17(24(19)23-10)13-4-2-3-5-14(13)18(16)25/h2-9H,1H3. The SMILES string of the molecule is Cc1nn2c3c(nnc2c1-c1ccc(Cl)cc1)C(=O)c1ccccc1-3. The van der Waals surface area contributed by atoms with Crippen LogP contribution in [-0.2, 0) is 0 Å². The van der Waals surface area contributed by atoms with Crippen molar-refractivity contribution in [3.05, 3.63) is 70.5 Å². The molecule has 2 heterocycles. The van der Waals surface area contributed by atoms with Crippen molar-refractivity contribution in [2.75, 3.05) is 0 Å². The zero-order valence-electron chi connectivity index (χ0n) is 13.2. The van der Waals surface area contributed by atoms with Crippen LogP contribution in [0.15, 0.2) is 48.5 Å². The second-order valence-electron chi connectivity index (χ2n) is 5.97. The smallest absolute Gasteiger partial charge is 0.216 e. The predicted octanol–water partition coefficient (Wildman–Crippen LogP) is 3.96. The lowest BCUT2D eigenvalue weighted by Crippen LogP contribution is -2.04. The van der Waals surface area contributed by atoms with Crippen LogP contribution in [0.4, 0.5) is 0 Å².